The van der Waals surface area contributed by atoms with Gasteiger partial charge in [0.25, 0.3) is 0 Å². The van der Waals surface area contributed by atoms with Crippen LogP contribution in [0.3, 0.4) is 0 Å². The Morgan fingerprint density at radius 1 is 1.19 bits per heavy atom. The smallest absolute Gasteiger partial charge is 0.119 e. The van der Waals surface area contributed by atoms with Gasteiger partial charge in [0, 0.05) is 24.8 Å². The van der Waals surface area contributed by atoms with Crippen LogP contribution in [0.15, 0.2) is 42.5 Å². The second-order valence-corrected chi connectivity index (χ2v) is 5.66. The first kappa shape index (κ1) is 14.0. The van der Waals surface area contributed by atoms with Crippen molar-refractivity contribution in [2.24, 2.45) is 0 Å². The van der Waals surface area contributed by atoms with E-state index >= 15 is 0 Å². The summed E-state index contributed by atoms with van der Waals surface area (Å²) >= 11 is 0. The van der Waals surface area contributed by atoms with Gasteiger partial charge >= 0.3 is 0 Å². The standard InChI is InChI=1S/C18H22N2O/c1-13(14-5-3-7-16(11-14)21-2)20-10-9-17-15(12-20)6-4-8-18(17)19/h3-8,11,13H,9-10,12,19H2,1-2H3. The lowest BCUT2D eigenvalue weighted by Gasteiger charge is -2.34. The van der Waals surface area contributed by atoms with Crippen molar-refractivity contribution in [1.82, 2.24) is 4.90 Å². The number of fused-ring (bicyclic) bond motifs is 1. The van der Waals surface area contributed by atoms with Crippen LogP contribution in [0.4, 0.5) is 5.69 Å². The average molecular weight is 282 g/mol. The van der Waals surface area contributed by atoms with Crippen LogP contribution < -0.4 is 10.5 Å². The molecule has 0 amide bonds. The highest BCUT2D eigenvalue weighted by Gasteiger charge is 2.22. The number of hydrogen-bond acceptors (Lipinski definition) is 3. The van der Waals surface area contributed by atoms with Gasteiger partial charge in [0.2, 0.25) is 0 Å². The molecule has 2 N–H and O–H groups in total. The minimum atomic E-state index is 0.370. The summed E-state index contributed by atoms with van der Waals surface area (Å²) in [6.07, 6.45) is 1.02. The van der Waals surface area contributed by atoms with Crippen molar-refractivity contribution in [3.05, 3.63) is 59.2 Å². The minimum absolute atomic E-state index is 0.370. The molecule has 1 aliphatic heterocycles. The molecule has 110 valence electrons. The maximum Gasteiger partial charge on any atom is 0.119 e. The molecule has 1 atom stereocenters. The molecule has 0 aliphatic carbocycles. The molecule has 0 fully saturated rings. The lowest BCUT2D eigenvalue weighted by Crippen LogP contribution is -2.33. The molecule has 0 spiro atoms. The predicted molar refractivity (Wildman–Crippen MR) is 86.4 cm³/mol. The lowest BCUT2D eigenvalue weighted by molar-refractivity contribution is 0.192. The molecule has 0 radical (unpaired) electrons. The first-order valence-corrected chi connectivity index (χ1v) is 7.43. The van der Waals surface area contributed by atoms with Gasteiger partial charge in [-0.2, -0.15) is 0 Å². The molecule has 1 heterocycles. The summed E-state index contributed by atoms with van der Waals surface area (Å²) in [5.41, 5.74) is 11.0. The monoisotopic (exact) mass is 282 g/mol. The van der Waals surface area contributed by atoms with Crippen LogP contribution in [0.25, 0.3) is 0 Å². The van der Waals surface area contributed by atoms with E-state index in [9.17, 15) is 0 Å². The fraction of sp³-hybridized carbons (Fsp3) is 0.333. The third-order valence-corrected chi connectivity index (χ3v) is 4.46. The van der Waals surface area contributed by atoms with Gasteiger partial charge in [-0.05, 0) is 48.2 Å². The van der Waals surface area contributed by atoms with Crippen LogP contribution in [0.2, 0.25) is 0 Å². The Hall–Kier alpha value is -2.00. The largest absolute Gasteiger partial charge is 0.497 e. The lowest BCUT2D eigenvalue weighted by atomic mass is 9.95. The summed E-state index contributed by atoms with van der Waals surface area (Å²) in [4.78, 5) is 2.50. The summed E-state index contributed by atoms with van der Waals surface area (Å²) in [5, 5.41) is 0. The van der Waals surface area contributed by atoms with E-state index in [1.807, 2.05) is 18.2 Å². The van der Waals surface area contributed by atoms with Gasteiger partial charge < -0.3 is 10.5 Å². The predicted octanol–water partition coefficient (Wildman–Crippen LogP) is 3.40. The van der Waals surface area contributed by atoms with Crippen LogP contribution in [0.5, 0.6) is 5.75 Å². The maximum atomic E-state index is 6.08. The van der Waals surface area contributed by atoms with Gasteiger partial charge in [-0.25, -0.2) is 0 Å². The van der Waals surface area contributed by atoms with Gasteiger partial charge in [0.1, 0.15) is 5.75 Å². The molecule has 2 aromatic carbocycles. The van der Waals surface area contributed by atoms with Crippen molar-refractivity contribution in [2.45, 2.75) is 25.9 Å². The molecule has 21 heavy (non-hydrogen) atoms. The Labute approximate surface area is 126 Å². The van der Waals surface area contributed by atoms with E-state index in [1.165, 1.54) is 16.7 Å². The van der Waals surface area contributed by atoms with Gasteiger partial charge in [0.05, 0.1) is 7.11 Å². The highest BCUT2D eigenvalue weighted by Crippen LogP contribution is 2.31. The summed E-state index contributed by atoms with van der Waals surface area (Å²) in [6, 6.07) is 14.9. The van der Waals surface area contributed by atoms with Crippen LogP contribution >= 0.6 is 0 Å². The Balaban J connectivity index is 1.82. The third-order valence-electron chi connectivity index (χ3n) is 4.46. The molecule has 3 rings (SSSR count). The molecule has 3 heteroatoms. The number of hydrogen-bond donors (Lipinski definition) is 1. The minimum Gasteiger partial charge on any atom is -0.497 e. The van der Waals surface area contributed by atoms with Crippen molar-refractivity contribution in [2.75, 3.05) is 19.4 Å². The maximum absolute atomic E-state index is 6.08. The van der Waals surface area contributed by atoms with Crippen LogP contribution in [0.1, 0.15) is 29.7 Å². The second kappa shape index (κ2) is 5.78. The molecule has 2 aromatic rings. The topological polar surface area (TPSA) is 38.5 Å². The molecule has 1 unspecified atom stereocenters. The summed E-state index contributed by atoms with van der Waals surface area (Å²) in [5.74, 6) is 0.918. The molecule has 0 bridgehead atoms. The van der Waals surface area contributed by atoms with Crippen molar-refractivity contribution >= 4 is 5.69 Å². The van der Waals surface area contributed by atoms with Crippen molar-refractivity contribution < 1.29 is 4.74 Å². The first-order chi connectivity index (χ1) is 10.2. The fourth-order valence-electron chi connectivity index (χ4n) is 3.10. The SMILES string of the molecule is COc1cccc(C(C)N2CCc3c(N)cccc3C2)c1. The summed E-state index contributed by atoms with van der Waals surface area (Å²) in [6.45, 7) is 4.25. The van der Waals surface area contributed by atoms with E-state index < -0.39 is 0 Å². The van der Waals surface area contributed by atoms with Gasteiger partial charge in [-0.15, -0.1) is 0 Å². The van der Waals surface area contributed by atoms with E-state index in [0.717, 1.165) is 30.9 Å². The number of benzene rings is 2. The fourth-order valence-corrected chi connectivity index (χ4v) is 3.10. The number of nitrogens with zero attached hydrogens (tertiary/aromatic N) is 1. The number of anilines is 1. The van der Waals surface area contributed by atoms with E-state index in [1.54, 1.807) is 7.11 Å². The molecule has 3 nitrogen and oxygen atoms in total. The highest BCUT2D eigenvalue weighted by molar-refractivity contribution is 5.52. The van der Waals surface area contributed by atoms with Crippen molar-refractivity contribution in [1.29, 1.82) is 0 Å². The number of nitrogens with two attached hydrogens (primary N) is 1. The van der Waals surface area contributed by atoms with Crippen LogP contribution in [-0.2, 0) is 13.0 Å². The number of ether oxygens (including phenoxy) is 1. The Bertz CT molecular complexity index is 639. The quantitative estimate of drug-likeness (QED) is 0.877. The van der Waals surface area contributed by atoms with Gasteiger partial charge in [-0.1, -0.05) is 24.3 Å². The van der Waals surface area contributed by atoms with E-state index in [2.05, 4.69) is 36.1 Å². The Morgan fingerprint density at radius 3 is 2.81 bits per heavy atom. The van der Waals surface area contributed by atoms with Crippen molar-refractivity contribution in [3.8, 4) is 5.75 Å². The van der Waals surface area contributed by atoms with E-state index in [0.29, 0.717) is 6.04 Å². The number of methoxy groups -OCH3 is 1. The Morgan fingerprint density at radius 2 is 2.00 bits per heavy atom. The number of rotatable bonds is 3. The normalized spacial score (nSPS) is 16.3. The number of nitrogen functional groups attached to an aromatic ring is 1. The zero-order valence-corrected chi connectivity index (χ0v) is 12.7. The molecule has 0 saturated heterocycles. The molecule has 0 saturated carbocycles. The molecule has 0 aromatic heterocycles. The van der Waals surface area contributed by atoms with Crippen LogP contribution in [0, 0.1) is 0 Å². The summed E-state index contributed by atoms with van der Waals surface area (Å²) in [7, 11) is 1.71. The van der Waals surface area contributed by atoms with Crippen LogP contribution in [-0.4, -0.2) is 18.6 Å². The second-order valence-electron chi connectivity index (χ2n) is 5.66. The molecular formula is C18H22N2O. The van der Waals surface area contributed by atoms with Crippen molar-refractivity contribution in [3.63, 3.8) is 0 Å². The Kier molecular flexibility index (Phi) is 3.84. The average Bonchev–Trinajstić information content (AvgIpc) is 2.54. The zero-order valence-electron chi connectivity index (χ0n) is 12.7. The summed E-state index contributed by atoms with van der Waals surface area (Å²) < 4.78 is 5.33. The van der Waals surface area contributed by atoms with Gasteiger partial charge in [-0.3, -0.25) is 4.90 Å². The third kappa shape index (κ3) is 2.74. The van der Waals surface area contributed by atoms with E-state index in [4.69, 9.17) is 10.5 Å². The molecule has 1 aliphatic rings. The zero-order chi connectivity index (χ0) is 14.8. The van der Waals surface area contributed by atoms with Gasteiger partial charge in [0.15, 0.2) is 0 Å². The highest BCUT2D eigenvalue weighted by atomic mass is 16.5. The first-order valence-electron chi connectivity index (χ1n) is 7.43. The van der Waals surface area contributed by atoms with E-state index in [-0.39, 0.29) is 0 Å². The molecular weight excluding hydrogens is 260 g/mol.